The minimum atomic E-state index is -3.81. The second kappa shape index (κ2) is 7.56. The Morgan fingerprint density at radius 3 is 2.74 bits per heavy atom. The Labute approximate surface area is 188 Å². The molecule has 0 spiro atoms. The molecule has 0 radical (unpaired) electrons. The topological polar surface area (TPSA) is 70.6 Å². The molecule has 1 unspecified atom stereocenters. The van der Waals surface area contributed by atoms with Crippen molar-refractivity contribution in [3.63, 3.8) is 0 Å². The first-order valence-electron chi connectivity index (χ1n) is 9.72. The summed E-state index contributed by atoms with van der Waals surface area (Å²) in [5, 5.41) is 2.30. The van der Waals surface area contributed by atoms with Gasteiger partial charge < -0.3 is 4.90 Å². The van der Waals surface area contributed by atoms with Crippen molar-refractivity contribution in [3.8, 4) is 0 Å². The molecule has 1 atom stereocenters. The fraction of sp³-hybridized carbons (Fsp3) is 0.182. The summed E-state index contributed by atoms with van der Waals surface area (Å²) in [7, 11) is -3.81. The number of aromatic nitrogens is 1. The molecule has 1 saturated heterocycles. The highest BCUT2D eigenvalue weighted by atomic mass is 35.5. The fourth-order valence-corrected chi connectivity index (χ4v) is 7.27. The predicted octanol–water partition coefficient (Wildman–Crippen LogP) is 4.53. The van der Waals surface area contributed by atoms with E-state index in [0.717, 1.165) is 26.7 Å². The van der Waals surface area contributed by atoms with Crippen LogP contribution < -0.4 is 4.90 Å². The number of amides is 1. The molecule has 0 N–H and O–H groups in total. The van der Waals surface area contributed by atoms with Gasteiger partial charge in [0, 0.05) is 40.1 Å². The van der Waals surface area contributed by atoms with Gasteiger partial charge in [0.1, 0.15) is 10.3 Å². The molecule has 9 heteroatoms. The van der Waals surface area contributed by atoms with E-state index in [1.165, 1.54) is 15.6 Å². The van der Waals surface area contributed by atoms with Gasteiger partial charge in [-0.1, -0.05) is 23.7 Å². The summed E-state index contributed by atoms with van der Waals surface area (Å²) in [5.41, 5.74) is 1.59. The van der Waals surface area contributed by atoms with Crippen molar-refractivity contribution in [2.24, 2.45) is 0 Å². The van der Waals surface area contributed by atoms with Crippen molar-refractivity contribution < 1.29 is 13.2 Å². The van der Waals surface area contributed by atoms with Crippen LogP contribution in [-0.2, 0) is 14.8 Å². The summed E-state index contributed by atoms with van der Waals surface area (Å²) >= 11 is 7.20. The van der Waals surface area contributed by atoms with Crippen LogP contribution in [0.3, 0.4) is 0 Å². The zero-order chi connectivity index (χ0) is 21.8. The first-order valence-corrected chi connectivity index (χ1v) is 12.4. The number of sulfonamides is 1. The molecule has 1 aliphatic heterocycles. The van der Waals surface area contributed by atoms with Crippen LogP contribution in [0.1, 0.15) is 6.92 Å². The van der Waals surface area contributed by atoms with Crippen molar-refractivity contribution in [2.45, 2.75) is 17.2 Å². The maximum absolute atomic E-state index is 13.3. The first-order chi connectivity index (χ1) is 14.8. The summed E-state index contributed by atoms with van der Waals surface area (Å²) in [6.07, 6.45) is 1.72. The summed E-state index contributed by atoms with van der Waals surface area (Å²) in [6.45, 7) is 2.14. The Balaban J connectivity index is 1.45. The summed E-state index contributed by atoms with van der Waals surface area (Å²) in [5.74, 6) is -0.248. The monoisotopic (exact) mass is 471 g/mol. The van der Waals surface area contributed by atoms with Crippen LogP contribution in [0.4, 0.5) is 5.69 Å². The van der Waals surface area contributed by atoms with Gasteiger partial charge in [0.2, 0.25) is 5.91 Å². The Hall–Kier alpha value is -2.52. The number of rotatable bonds is 3. The van der Waals surface area contributed by atoms with E-state index >= 15 is 0 Å². The second-order valence-electron chi connectivity index (χ2n) is 7.41. The fourth-order valence-electron chi connectivity index (χ4n) is 3.89. The van der Waals surface area contributed by atoms with Gasteiger partial charge in [-0.3, -0.25) is 9.78 Å². The SMILES string of the molecule is CC1C(=O)N(c2ccc3ncccc3c2)CCN1S(=O)(=O)c1cc2ccc(Cl)cc2s1. The Morgan fingerprint density at radius 1 is 1.06 bits per heavy atom. The molecule has 0 saturated carbocycles. The number of halogens is 1. The van der Waals surface area contributed by atoms with Gasteiger partial charge in [-0.25, -0.2) is 8.42 Å². The lowest BCUT2D eigenvalue weighted by molar-refractivity contribution is -0.123. The minimum absolute atomic E-state index is 0.217. The highest BCUT2D eigenvalue weighted by Crippen LogP contribution is 2.34. The standard InChI is InChI=1S/C22H18ClN3O3S2/c1-14-22(27)25(18-6-7-19-15(11-18)3-2-8-24-19)9-10-26(14)31(28,29)21-12-16-4-5-17(23)13-20(16)30-21/h2-8,11-14H,9-10H2,1H3. The molecule has 158 valence electrons. The van der Waals surface area contributed by atoms with Gasteiger partial charge in [-0.15, -0.1) is 11.3 Å². The van der Waals surface area contributed by atoms with E-state index in [-0.39, 0.29) is 23.2 Å². The molecule has 3 heterocycles. The minimum Gasteiger partial charge on any atom is -0.310 e. The third-order valence-electron chi connectivity index (χ3n) is 5.52. The molecule has 1 aliphatic rings. The molecule has 2 aromatic heterocycles. The van der Waals surface area contributed by atoms with E-state index in [1.807, 2.05) is 30.3 Å². The van der Waals surface area contributed by atoms with Gasteiger partial charge in [-0.2, -0.15) is 4.31 Å². The Kier molecular flexibility index (Phi) is 4.97. The van der Waals surface area contributed by atoms with Crippen molar-refractivity contribution in [1.82, 2.24) is 9.29 Å². The van der Waals surface area contributed by atoms with E-state index in [4.69, 9.17) is 11.6 Å². The number of carbonyl (C=O) groups excluding carboxylic acids is 1. The third kappa shape index (κ3) is 3.49. The average molecular weight is 472 g/mol. The van der Waals surface area contributed by atoms with Crippen molar-refractivity contribution in [1.29, 1.82) is 0 Å². The lowest BCUT2D eigenvalue weighted by Crippen LogP contribution is -2.57. The summed E-state index contributed by atoms with van der Waals surface area (Å²) in [4.78, 5) is 19.1. The van der Waals surface area contributed by atoms with Crippen LogP contribution in [-0.4, -0.2) is 42.7 Å². The number of benzene rings is 2. The quantitative estimate of drug-likeness (QED) is 0.440. The first kappa shape index (κ1) is 20.4. The molecule has 31 heavy (non-hydrogen) atoms. The third-order valence-corrected chi connectivity index (χ3v) is 9.27. The highest BCUT2D eigenvalue weighted by molar-refractivity contribution is 7.91. The van der Waals surface area contributed by atoms with E-state index in [1.54, 1.807) is 42.3 Å². The van der Waals surface area contributed by atoms with Crippen LogP contribution >= 0.6 is 22.9 Å². The molecular weight excluding hydrogens is 454 g/mol. The van der Waals surface area contributed by atoms with Gasteiger partial charge in [0.15, 0.2) is 0 Å². The van der Waals surface area contributed by atoms with E-state index in [2.05, 4.69) is 4.98 Å². The summed E-state index contributed by atoms with van der Waals surface area (Å²) in [6, 6.07) is 15.5. The number of hydrogen-bond donors (Lipinski definition) is 0. The smallest absolute Gasteiger partial charge is 0.253 e. The molecular formula is C22H18ClN3O3S2. The lowest BCUT2D eigenvalue weighted by Gasteiger charge is -2.38. The number of thiophene rings is 1. The zero-order valence-electron chi connectivity index (χ0n) is 16.5. The number of carbonyl (C=O) groups is 1. The zero-order valence-corrected chi connectivity index (χ0v) is 18.9. The molecule has 1 amide bonds. The van der Waals surface area contributed by atoms with Gasteiger partial charge in [0.25, 0.3) is 10.0 Å². The summed E-state index contributed by atoms with van der Waals surface area (Å²) < 4.78 is 29.0. The van der Waals surface area contributed by atoms with Gasteiger partial charge in [0.05, 0.1) is 5.52 Å². The van der Waals surface area contributed by atoms with Gasteiger partial charge >= 0.3 is 0 Å². The average Bonchev–Trinajstić information content (AvgIpc) is 3.19. The van der Waals surface area contributed by atoms with Crippen molar-refractivity contribution in [3.05, 3.63) is 65.8 Å². The molecule has 2 aromatic carbocycles. The lowest BCUT2D eigenvalue weighted by atomic mass is 10.1. The maximum Gasteiger partial charge on any atom is 0.253 e. The number of nitrogens with zero attached hydrogens (tertiary/aromatic N) is 3. The Morgan fingerprint density at radius 2 is 1.90 bits per heavy atom. The van der Waals surface area contributed by atoms with Crippen LogP contribution in [0, 0.1) is 0 Å². The second-order valence-corrected chi connectivity index (χ2v) is 11.0. The maximum atomic E-state index is 13.3. The van der Waals surface area contributed by atoms with Gasteiger partial charge in [-0.05, 0) is 54.8 Å². The number of piperazine rings is 1. The number of fused-ring (bicyclic) bond motifs is 2. The predicted molar refractivity (Wildman–Crippen MR) is 124 cm³/mol. The molecule has 0 aliphatic carbocycles. The van der Waals surface area contributed by atoms with Crippen LogP contribution in [0.2, 0.25) is 5.02 Å². The van der Waals surface area contributed by atoms with Crippen molar-refractivity contribution >= 4 is 65.5 Å². The number of hydrogen-bond acceptors (Lipinski definition) is 5. The molecule has 1 fully saturated rings. The largest absolute Gasteiger partial charge is 0.310 e. The van der Waals surface area contributed by atoms with E-state index in [0.29, 0.717) is 5.02 Å². The van der Waals surface area contributed by atoms with E-state index < -0.39 is 16.1 Å². The number of anilines is 1. The molecule has 5 rings (SSSR count). The molecule has 4 aromatic rings. The number of pyridine rings is 1. The highest BCUT2D eigenvalue weighted by Gasteiger charge is 2.40. The Bertz CT molecular complexity index is 1430. The van der Waals surface area contributed by atoms with Crippen LogP contribution in [0.25, 0.3) is 21.0 Å². The molecule has 0 bridgehead atoms. The normalized spacial score (nSPS) is 18.2. The van der Waals surface area contributed by atoms with E-state index in [9.17, 15) is 13.2 Å². The van der Waals surface area contributed by atoms with Crippen LogP contribution in [0.15, 0.2) is 65.0 Å². The van der Waals surface area contributed by atoms with Crippen molar-refractivity contribution in [2.75, 3.05) is 18.0 Å². The molecule has 6 nitrogen and oxygen atoms in total. The van der Waals surface area contributed by atoms with Crippen LogP contribution in [0.5, 0.6) is 0 Å².